The van der Waals surface area contributed by atoms with E-state index in [0.29, 0.717) is 0 Å². The molecule has 0 saturated heterocycles. The lowest BCUT2D eigenvalue weighted by molar-refractivity contribution is -0.121. The number of rotatable bonds is 2. The van der Waals surface area contributed by atoms with E-state index in [4.69, 9.17) is 0 Å². The van der Waals surface area contributed by atoms with Crippen molar-refractivity contribution in [2.75, 3.05) is 4.90 Å². The SMILES string of the molecule is Cc1ncc(-c2ccc3c(c2)N(c2cc[nH]c2)C(=O)C3(C)C)cn1. The molecule has 1 amide bonds. The van der Waals surface area contributed by atoms with E-state index >= 15 is 0 Å². The smallest absolute Gasteiger partial charge is 0.241 e. The molecule has 2 aromatic heterocycles. The normalized spacial score (nSPS) is 15.6. The van der Waals surface area contributed by atoms with Crippen molar-refractivity contribution in [1.82, 2.24) is 15.0 Å². The number of aromatic nitrogens is 3. The largest absolute Gasteiger partial charge is 0.366 e. The maximum Gasteiger partial charge on any atom is 0.241 e. The number of carbonyl (C=O) groups is 1. The summed E-state index contributed by atoms with van der Waals surface area (Å²) in [5.74, 6) is 0.819. The Bertz CT molecular complexity index is 911. The van der Waals surface area contributed by atoms with Gasteiger partial charge in [-0.1, -0.05) is 12.1 Å². The summed E-state index contributed by atoms with van der Waals surface area (Å²) in [4.78, 5) is 26.3. The number of carbonyl (C=O) groups excluding carboxylic acids is 1. The van der Waals surface area contributed by atoms with Crippen molar-refractivity contribution in [1.29, 1.82) is 0 Å². The monoisotopic (exact) mass is 318 g/mol. The summed E-state index contributed by atoms with van der Waals surface area (Å²) in [6, 6.07) is 8.02. The molecule has 0 atom stereocenters. The highest BCUT2D eigenvalue weighted by atomic mass is 16.2. The predicted octanol–water partition coefficient (Wildman–Crippen LogP) is 3.74. The first-order chi connectivity index (χ1) is 11.5. The van der Waals surface area contributed by atoms with Crippen LogP contribution in [0.15, 0.2) is 49.1 Å². The Balaban J connectivity index is 1.88. The second-order valence-electron chi connectivity index (χ2n) is 6.59. The Kier molecular flexibility index (Phi) is 3.06. The zero-order chi connectivity index (χ0) is 16.9. The molecule has 5 nitrogen and oxygen atoms in total. The average molecular weight is 318 g/mol. The number of fused-ring (bicyclic) bond motifs is 1. The summed E-state index contributed by atoms with van der Waals surface area (Å²) in [6.07, 6.45) is 7.29. The van der Waals surface area contributed by atoms with E-state index < -0.39 is 5.41 Å². The van der Waals surface area contributed by atoms with Gasteiger partial charge in [0.1, 0.15) is 5.82 Å². The highest BCUT2D eigenvalue weighted by Gasteiger charge is 2.44. The summed E-state index contributed by atoms with van der Waals surface area (Å²) in [5.41, 5.74) is 4.20. The molecule has 0 bridgehead atoms. The van der Waals surface area contributed by atoms with Crippen LogP contribution in [-0.4, -0.2) is 20.9 Å². The number of H-pyrrole nitrogens is 1. The van der Waals surface area contributed by atoms with Gasteiger partial charge in [-0.05, 0) is 44.0 Å². The van der Waals surface area contributed by atoms with Gasteiger partial charge in [0.05, 0.1) is 16.8 Å². The predicted molar refractivity (Wildman–Crippen MR) is 93.2 cm³/mol. The highest BCUT2D eigenvalue weighted by Crippen LogP contribution is 2.46. The molecule has 3 heterocycles. The van der Waals surface area contributed by atoms with Gasteiger partial charge in [0, 0.05) is 30.4 Å². The van der Waals surface area contributed by atoms with Gasteiger partial charge >= 0.3 is 0 Å². The van der Waals surface area contributed by atoms with Crippen LogP contribution in [0.25, 0.3) is 11.1 Å². The van der Waals surface area contributed by atoms with Gasteiger partial charge in [-0.3, -0.25) is 9.69 Å². The molecule has 1 N–H and O–H groups in total. The Morgan fingerprint density at radius 1 is 1.08 bits per heavy atom. The molecule has 0 saturated carbocycles. The molecular weight excluding hydrogens is 300 g/mol. The van der Waals surface area contributed by atoms with Crippen LogP contribution in [0.1, 0.15) is 25.2 Å². The third-order valence-corrected chi connectivity index (χ3v) is 4.60. The molecule has 3 aromatic rings. The van der Waals surface area contributed by atoms with E-state index in [1.807, 2.05) is 69.8 Å². The number of hydrogen-bond acceptors (Lipinski definition) is 3. The summed E-state index contributed by atoms with van der Waals surface area (Å²) in [7, 11) is 0. The quantitative estimate of drug-likeness (QED) is 0.783. The number of hydrogen-bond donors (Lipinski definition) is 1. The fourth-order valence-corrected chi connectivity index (χ4v) is 3.18. The summed E-state index contributed by atoms with van der Waals surface area (Å²) >= 11 is 0. The van der Waals surface area contributed by atoms with Gasteiger partial charge in [-0.2, -0.15) is 0 Å². The van der Waals surface area contributed by atoms with Crippen LogP contribution >= 0.6 is 0 Å². The van der Waals surface area contributed by atoms with Gasteiger partial charge in [0.15, 0.2) is 0 Å². The van der Waals surface area contributed by atoms with Gasteiger partial charge in [0.2, 0.25) is 5.91 Å². The van der Waals surface area contributed by atoms with E-state index in [-0.39, 0.29) is 5.91 Å². The van der Waals surface area contributed by atoms with E-state index in [1.54, 1.807) is 4.90 Å². The number of aromatic amines is 1. The van der Waals surface area contributed by atoms with Crippen molar-refractivity contribution in [3.8, 4) is 11.1 Å². The molecule has 1 aromatic carbocycles. The molecule has 0 unspecified atom stereocenters. The molecule has 0 spiro atoms. The fourth-order valence-electron chi connectivity index (χ4n) is 3.18. The number of nitrogens with zero attached hydrogens (tertiary/aromatic N) is 3. The van der Waals surface area contributed by atoms with Gasteiger partial charge in [0.25, 0.3) is 0 Å². The fraction of sp³-hybridized carbons (Fsp3) is 0.211. The first-order valence-electron chi connectivity index (χ1n) is 7.89. The molecule has 0 fully saturated rings. The average Bonchev–Trinajstić information content (AvgIpc) is 3.15. The van der Waals surface area contributed by atoms with Crippen molar-refractivity contribution < 1.29 is 4.79 Å². The Morgan fingerprint density at radius 3 is 2.50 bits per heavy atom. The van der Waals surface area contributed by atoms with Crippen LogP contribution in [-0.2, 0) is 10.2 Å². The summed E-state index contributed by atoms with van der Waals surface area (Å²) in [6.45, 7) is 5.80. The summed E-state index contributed by atoms with van der Waals surface area (Å²) in [5, 5.41) is 0. The maximum atomic E-state index is 13.0. The van der Waals surface area contributed by atoms with Gasteiger partial charge in [-0.15, -0.1) is 0 Å². The number of amides is 1. The minimum absolute atomic E-state index is 0.0782. The Morgan fingerprint density at radius 2 is 1.83 bits per heavy atom. The van der Waals surface area contributed by atoms with Crippen LogP contribution in [0, 0.1) is 6.92 Å². The van der Waals surface area contributed by atoms with E-state index in [9.17, 15) is 4.79 Å². The van der Waals surface area contributed by atoms with E-state index in [0.717, 1.165) is 33.9 Å². The summed E-state index contributed by atoms with van der Waals surface area (Å²) < 4.78 is 0. The molecular formula is C19H18N4O. The number of aryl methyl sites for hydroxylation is 1. The topological polar surface area (TPSA) is 61.9 Å². The van der Waals surface area contributed by atoms with Gasteiger partial charge < -0.3 is 4.98 Å². The number of nitrogens with one attached hydrogen (secondary N) is 1. The molecule has 0 radical (unpaired) electrons. The van der Waals surface area contributed by atoms with E-state index in [1.165, 1.54) is 0 Å². The van der Waals surface area contributed by atoms with Crippen LogP contribution in [0.4, 0.5) is 11.4 Å². The molecule has 1 aliphatic heterocycles. The first-order valence-corrected chi connectivity index (χ1v) is 7.89. The van der Waals surface area contributed by atoms with Crippen LogP contribution in [0.3, 0.4) is 0 Å². The van der Waals surface area contributed by atoms with Crippen molar-refractivity contribution in [2.24, 2.45) is 0 Å². The lowest BCUT2D eigenvalue weighted by Crippen LogP contribution is -2.32. The van der Waals surface area contributed by atoms with Crippen molar-refractivity contribution in [3.63, 3.8) is 0 Å². The Hall–Kier alpha value is -2.95. The Labute approximate surface area is 140 Å². The molecule has 24 heavy (non-hydrogen) atoms. The minimum atomic E-state index is -0.547. The second-order valence-corrected chi connectivity index (χ2v) is 6.59. The molecule has 5 heteroatoms. The van der Waals surface area contributed by atoms with Crippen LogP contribution in [0.5, 0.6) is 0 Å². The number of anilines is 2. The van der Waals surface area contributed by atoms with Crippen LogP contribution < -0.4 is 4.90 Å². The zero-order valence-corrected chi connectivity index (χ0v) is 13.9. The molecule has 1 aliphatic rings. The standard InChI is InChI=1S/C19H18N4O/c1-12-21-9-14(10-22-12)13-4-5-16-17(8-13)23(15-6-7-20-11-15)18(24)19(16,2)3/h4-11,20H,1-3H3. The van der Waals surface area contributed by atoms with Crippen molar-refractivity contribution in [3.05, 3.63) is 60.4 Å². The highest BCUT2D eigenvalue weighted by molar-refractivity contribution is 6.12. The molecule has 0 aliphatic carbocycles. The lowest BCUT2D eigenvalue weighted by Gasteiger charge is -2.19. The molecule has 4 rings (SSSR count). The van der Waals surface area contributed by atoms with Gasteiger partial charge in [-0.25, -0.2) is 9.97 Å². The second kappa shape index (κ2) is 5.03. The van der Waals surface area contributed by atoms with E-state index in [2.05, 4.69) is 15.0 Å². The lowest BCUT2D eigenvalue weighted by atomic mass is 9.85. The third kappa shape index (κ3) is 2.05. The van der Waals surface area contributed by atoms with Crippen molar-refractivity contribution in [2.45, 2.75) is 26.2 Å². The van der Waals surface area contributed by atoms with Crippen LogP contribution in [0.2, 0.25) is 0 Å². The first kappa shape index (κ1) is 14.6. The van der Waals surface area contributed by atoms with Crippen molar-refractivity contribution >= 4 is 17.3 Å². The third-order valence-electron chi connectivity index (χ3n) is 4.60. The minimum Gasteiger partial charge on any atom is -0.366 e. The zero-order valence-electron chi connectivity index (χ0n) is 13.9. The molecule has 120 valence electrons. The number of benzene rings is 1. The maximum absolute atomic E-state index is 13.0.